The van der Waals surface area contributed by atoms with E-state index in [1.807, 2.05) is 18.3 Å². The summed E-state index contributed by atoms with van der Waals surface area (Å²) in [6.07, 6.45) is 18.5. The van der Waals surface area contributed by atoms with Gasteiger partial charge in [-0.1, -0.05) is 31.2 Å². The Morgan fingerprint density at radius 2 is 2.03 bits per heavy atom. The maximum absolute atomic E-state index is 12.0. The van der Waals surface area contributed by atoms with E-state index < -0.39 is 0 Å². The summed E-state index contributed by atoms with van der Waals surface area (Å²) in [5.74, 6) is 3.15. The van der Waals surface area contributed by atoms with Crippen LogP contribution >= 0.6 is 0 Å². The molecule has 0 aromatic carbocycles. The third-order valence-corrected chi connectivity index (χ3v) is 8.14. The number of carbonyl (C=O) groups is 1. The number of carbonyl (C=O) groups excluding carboxylic acids is 1. The number of fused-ring (bicyclic) bond motifs is 1. The van der Waals surface area contributed by atoms with Crippen LogP contribution in [0.4, 0.5) is 10.7 Å². The second kappa shape index (κ2) is 9.39. The van der Waals surface area contributed by atoms with Gasteiger partial charge in [0.2, 0.25) is 5.95 Å². The van der Waals surface area contributed by atoms with Gasteiger partial charge < -0.3 is 20.0 Å². The zero-order chi connectivity index (χ0) is 24.8. The van der Waals surface area contributed by atoms with Crippen molar-refractivity contribution in [3.63, 3.8) is 0 Å². The van der Waals surface area contributed by atoms with Crippen molar-refractivity contribution in [3.05, 3.63) is 59.4 Å². The van der Waals surface area contributed by atoms with E-state index in [2.05, 4.69) is 48.2 Å². The van der Waals surface area contributed by atoms with Crippen LogP contribution in [0, 0.1) is 17.8 Å². The number of allylic oxidation sites excluding steroid dienone is 4. The molecule has 36 heavy (non-hydrogen) atoms. The van der Waals surface area contributed by atoms with E-state index in [1.165, 1.54) is 37.0 Å². The van der Waals surface area contributed by atoms with E-state index in [1.54, 1.807) is 4.90 Å². The average molecular weight is 488 g/mol. The molecule has 2 atom stereocenters. The number of hydrogen-bond donors (Lipinski definition) is 2. The van der Waals surface area contributed by atoms with E-state index in [0.717, 1.165) is 48.6 Å². The van der Waals surface area contributed by atoms with Gasteiger partial charge in [0.25, 0.3) is 0 Å². The quantitative estimate of drug-likeness (QED) is 0.645. The molecule has 1 amide bonds. The van der Waals surface area contributed by atoms with Crippen LogP contribution < -0.4 is 10.7 Å². The molecule has 1 radical (unpaired) electrons. The van der Waals surface area contributed by atoms with Crippen LogP contribution in [0.25, 0.3) is 11.1 Å². The highest BCUT2D eigenvalue weighted by molar-refractivity contribution is 5.97. The minimum Gasteiger partial charge on any atom is -0.453 e. The Kier molecular flexibility index (Phi) is 6.07. The Labute approximate surface area is 213 Å². The number of amides is 1. The van der Waals surface area contributed by atoms with E-state index in [4.69, 9.17) is 14.7 Å². The van der Waals surface area contributed by atoms with Gasteiger partial charge in [-0.2, -0.15) is 0 Å². The first kappa shape index (κ1) is 23.3. The predicted octanol–water partition coefficient (Wildman–Crippen LogP) is 4.18. The number of nitrogens with one attached hydrogen (secondary N) is 2. The molecule has 5 aliphatic rings. The van der Waals surface area contributed by atoms with Gasteiger partial charge in [-0.25, -0.2) is 20.2 Å². The van der Waals surface area contributed by atoms with Gasteiger partial charge in [-0.15, -0.1) is 0 Å². The lowest BCUT2D eigenvalue weighted by Crippen LogP contribution is -2.32. The summed E-state index contributed by atoms with van der Waals surface area (Å²) in [4.78, 5) is 23.6. The first-order chi connectivity index (χ1) is 17.5. The molecule has 6 rings (SSSR count). The molecule has 0 spiro atoms. The number of hydrazine groups is 1. The van der Waals surface area contributed by atoms with E-state index in [9.17, 15) is 4.79 Å². The predicted molar refractivity (Wildman–Crippen MR) is 140 cm³/mol. The Bertz CT molecular complexity index is 1160. The fourth-order valence-corrected chi connectivity index (χ4v) is 5.94. The molecule has 1 saturated heterocycles. The second-order valence-electron chi connectivity index (χ2n) is 10.8. The van der Waals surface area contributed by atoms with Crippen molar-refractivity contribution in [2.75, 3.05) is 32.6 Å². The molecule has 8 nitrogen and oxygen atoms in total. The Hall–Kier alpha value is -3.13. The molecular weight excluding hydrogens is 452 g/mol. The third kappa shape index (κ3) is 4.54. The number of nitrogens with zero attached hydrogens (tertiary/aromatic N) is 4. The molecule has 189 valence electrons. The minimum absolute atomic E-state index is 0.157. The summed E-state index contributed by atoms with van der Waals surface area (Å²) in [5, 5.41) is 5.62. The highest BCUT2D eigenvalue weighted by Gasteiger charge is 2.42. The Morgan fingerprint density at radius 1 is 1.19 bits per heavy atom. The van der Waals surface area contributed by atoms with Crippen molar-refractivity contribution in [1.82, 2.24) is 25.3 Å². The number of aromatic nitrogens is 2. The first-order valence-electron chi connectivity index (χ1n) is 13.1. The molecule has 0 bridgehead atoms. The highest BCUT2D eigenvalue weighted by Crippen LogP contribution is 2.50. The highest BCUT2D eigenvalue weighted by atomic mass is 16.5. The SMILES string of the molecule is COC(=O)N1CCC([C]2C=C2c2nc(NC3CCC(C)CC3)ncc2C2=CC3NN(C)C=C3C=C2)C1. The fourth-order valence-electron chi connectivity index (χ4n) is 5.94. The van der Waals surface area contributed by atoms with Crippen LogP contribution in [0.3, 0.4) is 0 Å². The summed E-state index contributed by atoms with van der Waals surface area (Å²) >= 11 is 0. The van der Waals surface area contributed by atoms with Crippen LogP contribution in [-0.2, 0) is 4.74 Å². The molecule has 2 aliphatic heterocycles. The number of likely N-dealkylation sites (tertiary alicyclic amines) is 1. The zero-order valence-corrected chi connectivity index (χ0v) is 21.3. The van der Waals surface area contributed by atoms with Crippen LogP contribution in [0.1, 0.15) is 50.3 Å². The van der Waals surface area contributed by atoms with Gasteiger partial charge in [0.15, 0.2) is 0 Å². The summed E-state index contributed by atoms with van der Waals surface area (Å²) in [7, 11) is 3.46. The standard InChI is InChI=1S/C28H35N6O2/c1-17-4-8-21(9-5-17)30-27-29-14-24(18-6-7-20-15-33(2)32-25(20)12-18)26(31-27)23-13-22(23)19-10-11-34(16-19)28(35)36-3/h6-7,12-15,17,19,21,25,32H,4-5,8-11,16H2,1-3H3,(H,29,30,31). The molecule has 1 aromatic rings. The monoisotopic (exact) mass is 487 g/mol. The lowest BCUT2D eigenvalue weighted by atomic mass is 9.87. The van der Waals surface area contributed by atoms with E-state index >= 15 is 0 Å². The van der Waals surface area contributed by atoms with Crippen LogP contribution in [0.5, 0.6) is 0 Å². The van der Waals surface area contributed by atoms with Gasteiger partial charge in [0.05, 0.1) is 18.8 Å². The van der Waals surface area contributed by atoms with Crippen molar-refractivity contribution in [2.45, 2.75) is 51.1 Å². The first-order valence-corrected chi connectivity index (χ1v) is 13.1. The van der Waals surface area contributed by atoms with Crippen molar-refractivity contribution < 1.29 is 9.53 Å². The zero-order valence-electron chi connectivity index (χ0n) is 21.3. The van der Waals surface area contributed by atoms with Crippen LogP contribution in [0.15, 0.2) is 42.3 Å². The minimum atomic E-state index is -0.244. The van der Waals surface area contributed by atoms with Gasteiger partial charge in [-0.3, -0.25) is 0 Å². The van der Waals surface area contributed by atoms with Gasteiger partial charge in [-0.05, 0) is 60.7 Å². The number of ether oxygens (including phenoxy) is 1. The average Bonchev–Trinajstić information content (AvgIpc) is 3.35. The third-order valence-electron chi connectivity index (χ3n) is 8.14. The van der Waals surface area contributed by atoms with Crippen molar-refractivity contribution in [1.29, 1.82) is 0 Å². The maximum Gasteiger partial charge on any atom is 0.409 e. The molecule has 8 heteroatoms. The van der Waals surface area contributed by atoms with E-state index in [-0.39, 0.29) is 12.1 Å². The number of hydrogen-bond acceptors (Lipinski definition) is 7. The topological polar surface area (TPSA) is 82.6 Å². The molecule has 2 N–H and O–H groups in total. The van der Waals surface area contributed by atoms with Crippen molar-refractivity contribution >= 4 is 23.2 Å². The van der Waals surface area contributed by atoms with Crippen molar-refractivity contribution in [2.24, 2.45) is 11.8 Å². The molecular formula is C28H35N6O2. The summed E-state index contributed by atoms with van der Waals surface area (Å²) < 4.78 is 4.93. The fraction of sp³-hybridized carbons (Fsp3) is 0.500. The maximum atomic E-state index is 12.0. The molecule has 1 saturated carbocycles. The Morgan fingerprint density at radius 3 is 2.83 bits per heavy atom. The normalized spacial score (nSPS) is 29.5. The lowest BCUT2D eigenvalue weighted by molar-refractivity contribution is 0.132. The molecule has 2 unspecified atom stereocenters. The van der Waals surface area contributed by atoms with Crippen LogP contribution in [-0.4, -0.2) is 65.3 Å². The summed E-state index contributed by atoms with van der Waals surface area (Å²) in [6, 6.07) is 0.588. The van der Waals surface area contributed by atoms with Crippen molar-refractivity contribution in [3.8, 4) is 0 Å². The number of methoxy groups -OCH3 is 1. The van der Waals surface area contributed by atoms with Gasteiger partial charge in [0, 0.05) is 50.1 Å². The van der Waals surface area contributed by atoms with Gasteiger partial charge in [0.1, 0.15) is 0 Å². The largest absolute Gasteiger partial charge is 0.453 e. The summed E-state index contributed by atoms with van der Waals surface area (Å²) in [6.45, 7) is 3.77. The van der Waals surface area contributed by atoms with Crippen LogP contribution in [0.2, 0.25) is 0 Å². The molecule has 2 fully saturated rings. The smallest absolute Gasteiger partial charge is 0.409 e. The Balaban J connectivity index is 1.25. The number of rotatable bonds is 5. The second-order valence-corrected chi connectivity index (χ2v) is 10.8. The van der Waals surface area contributed by atoms with Gasteiger partial charge >= 0.3 is 6.09 Å². The molecule has 3 heterocycles. The molecule has 1 aromatic heterocycles. The molecule has 3 aliphatic carbocycles. The summed E-state index contributed by atoms with van der Waals surface area (Å²) in [5.41, 5.74) is 9.06. The lowest BCUT2D eigenvalue weighted by Gasteiger charge is -2.27. The number of anilines is 1. The van der Waals surface area contributed by atoms with E-state index in [0.29, 0.717) is 24.5 Å².